The van der Waals surface area contributed by atoms with Crippen LogP contribution in [-0.4, -0.2) is 34.8 Å². The van der Waals surface area contributed by atoms with E-state index in [1.54, 1.807) is 6.20 Å². The first-order valence-electron chi connectivity index (χ1n) is 5.34. The third-order valence-electron chi connectivity index (χ3n) is 2.90. The standard InChI is InChI=1S/C11H17N3O/c1-8-12-4-3-11(13-8)14(2)7-9-5-10(15)6-9/h3-4,9-10,15H,5-7H2,1-2H3. The van der Waals surface area contributed by atoms with Crippen LogP contribution in [-0.2, 0) is 0 Å². The van der Waals surface area contributed by atoms with Crippen LogP contribution in [0.1, 0.15) is 18.7 Å². The summed E-state index contributed by atoms with van der Waals surface area (Å²) in [5, 5.41) is 9.20. The van der Waals surface area contributed by atoms with E-state index < -0.39 is 0 Å². The highest BCUT2D eigenvalue weighted by molar-refractivity contribution is 5.36. The number of aryl methyl sites for hydroxylation is 1. The molecule has 2 rings (SSSR count). The molecule has 0 spiro atoms. The molecule has 1 fully saturated rings. The van der Waals surface area contributed by atoms with E-state index in [1.165, 1.54) is 0 Å². The lowest BCUT2D eigenvalue weighted by molar-refractivity contribution is 0.0464. The van der Waals surface area contributed by atoms with E-state index >= 15 is 0 Å². The highest BCUT2D eigenvalue weighted by atomic mass is 16.3. The van der Waals surface area contributed by atoms with Crippen LogP contribution in [0.3, 0.4) is 0 Å². The molecule has 0 unspecified atom stereocenters. The lowest BCUT2D eigenvalue weighted by atomic mass is 9.82. The summed E-state index contributed by atoms with van der Waals surface area (Å²) in [4.78, 5) is 10.6. The first-order chi connectivity index (χ1) is 7.15. The van der Waals surface area contributed by atoms with Crippen molar-refractivity contribution in [2.24, 2.45) is 5.92 Å². The quantitative estimate of drug-likeness (QED) is 0.803. The van der Waals surface area contributed by atoms with Gasteiger partial charge in [0, 0.05) is 19.8 Å². The summed E-state index contributed by atoms with van der Waals surface area (Å²) >= 11 is 0. The Bertz CT molecular complexity index is 336. The summed E-state index contributed by atoms with van der Waals surface area (Å²) < 4.78 is 0. The SMILES string of the molecule is Cc1nccc(N(C)CC2CC(O)C2)n1. The number of aromatic nitrogens is 2. The molecule has 1 aromatic heterocycles. The fraction of sp³-hybridized carbons (Fsp3) is 0.636. The van der Waals surface area contributed by atoms with Crippen LogP contribution in [0, 0.1) is 12.8 Å². The zero-order valence-electron chi connectivity index (χ0n) is 9.22. The summed E-state index contributed by atoms with van der Waals surface area (Å²) in [7, 11) is 2.03. The van der Waals surface area contributed by atoms with E-state index in [4.69, 9.17) is 0 Å². The average molecular weight is 207 g/mol. The third kappa shape index (κ3) is 2.45. The first-order valence-corrected chi connectivity index (χ1v) is 5.34. The maximum Gasteiger partial charge on any atom is 0.131 e. The van der Waals surface area contributed by atoms with Crippen molar-refractivity contribution >= 4 is 5.82 Å². The van der Waals surface area contributed by atoms with Gasteiger partial charge < -0.3 is 10.0 Å². The number of aliphatic hydroxyl groups is 1. The van der Waals surface area contributed by atoms with Crippen LogP contribution in [0.25, 0.3) is 0 Å². The van der Waals surface area contributed by atoms with Crippen molar-refractivity contribution in [3.63, 3.8) is 0 Å². The molecule has 4 heteroatoms. The fourth-order valence-corrected chi connectivity index (χ4v) is 1.99. The molecule has 1 N–H and O–H groups in total. The smallest absolute Gasteiger partial charge is 0.131 e. The van der Waals surface area contributed by atoms with Gasteiger partial charge in [0.15, 0.2) is 0 Å². The largest absolute Gasteiger partial charge is 0.393 e. The van der Waals surface area contributed by atoms with Crippen molar-refractivity contribution in [2.75, 3.05) is 18.5 Å². The maximum atomic E-state index is 9.20. The van der Waals surface area contributed by atoms with Crippen molar-refractivity contribution in [2.45, 2.75) is 25.9 Å². The van der Waals surface area contributed by atoms with Gasteiger partial charge in [-0.15, -0.1) is 0 Å². The van der Waals surface area contributed by atoms with Crippen molar-refractivity contribution in [3.05, 3.63) is 18.1 Å². The predicted octanol–water partition coefficient (Wildman–Crippen LogP) is 0.992. The molecule has 1 saturated carbocycles. The van der Waals surface area contributed by atoms with E-state index in [0.717, 1.165) is 31.0 Å². The lowest BCUT2D eigenvalue weighted by Crippen LogP contribution is -2.37. The Kier molecular flexibility index (Phi) is 2.86. The number of nitrogens with zero attached hydrogens (tertiary/aromatic N) is 3. The predicted molar refractivity (Wildman–Crippen MR) is 58.8 cm³/mol. The Hall–Kier alpha value is -1.16. The van der Waals surface area contributed by atoms with Gasteiger partial charge >= 0.3 is 0 Å². The van der Waals surface area contributed by atoms with Crippen LogP contribution in [0.15, 0.2) is 12.3 Å². The molecule has 1 aromatic rings. The molecule has 82 valence electrons. The highest BCUT2D eigenvalue weighted by Gasteiger charge is 2.28. The summed E-state index contributed by atoms with van der Waals surface area (Å²) in [5.41, 5.74) is 0. The molecular formula is C11H17N3O. The number of hydrogen-bond acceptors (Lipinski definition) is 4. The fourth-order valence-electron chi connectivity index (χ4n) is 1.99. The molecule has 0 radical (unpaired) electrons. The zero-order chi connectivity index (χ0) is 10.8. The maximum absolute atomic E-state index is 9.20. The molecule has 1 aliphatic rings. The molecule has 0 atom stereocenters. The van der Waals surface area contributed by atoms with Gasteiger partial charge in [-0.3, -0.25) is 0 Å². The van der Waals surface area contributed by atoms with Gasteiger partial charge in [0.05, 0.1) is 6.10 Å². The van der Waals surface area contributed by atoms with E-state index in [2.05, 4.69) is 14.9 Å². The minimum atomic E-state index is -0.0736. The molecule has 0 amide bonds. The first kappa shape index (κ1) is 10.4. The molecule has 15 heavy (non-hydrogen) atoms. The molecule has 1 heterocycles. The Labute approximate surface area is 90.0 Å². The monoisotopic (exact) mass is 207 g/mol. The summed E-state index contributed by atoms with van der Waals surface area (Å²) in [6.07, 6.45) is 3.56. The van der Waals surface area contributed by atoms with Crippen LogP contribution in [0.4, 0.5) is 5.82 Å². The molecule has 1 aliphatic carbocycles. The van der Waals surface area contributed by atoms with Crippen LogP contribution < -0.4 is 4.90 Å². The molecule has 4 nitrogen and oxygen atoms in total. The second-order valence-electron chi connectivity index (χ2n) is 4.33. The number of hydrogen-bond donors (Lipinski definition) is 1. The van der Waals surface area contributed by atoms with Gasteiger partial charge in [-0.05, 0) is 31.7 Å². The Morgan fingerprint density at radius 2 is 2.27 bits per heavy atom. The Balaban J connectivity index is 1.93. The van der Waals surface area contributed by atoms with Crippen molar-refractivity contribution in [1.29, 1.82) is 0 Å². The molecule has 0 saturated heterocycles. The lowest BCUT2D eigenvalue weighted by Gasteiger charge is -2.34. The molecule has 0 aromatic carbocycles. The van der Waals surface area contributed by atoms with Gasteiger partial charge in [0.25, 0.3) is 0 Å². The summed E-state index contributed by atoms with van der Waals surface area (Å²) in [5.74, 6) is 2.37. The Morgan fingerprint density at radius 1 is 1.53 bits per heavy atom. The van der Waals surface area contributed by atoms with Crippen molar-refractivity contribution in [3.8, 4) is 0 Å². The third-order valence-corrected chi connectivity index (χ3v) is 2.90. The van der Waals surface area contributed by atoms with Gasteiger partial charge in [-0.1, -0.05) is 0 Å². The van der Waals surface area contributed by atoms with Gasteiger partial charge in [-0.25, -0.2) is 9.97 Å². The molecule has 0 aliphatic heterocycles. The zero-order valence-corrected chi connectivity index (χ0v) is 9.22. The minimum Gasteiger partial charge on any atom is -0.393 e. The topological polar surface area (TPSA) is 49.2 Å². The van der Waals surface area contributed by atoms with E-state index in [9.17, 15) is 5.11 Å². The van der Waals surface area contributed by atoms with E-state index in [1.807, 2.05) is 20.0 Å². The number of anilines is 1. The van der Waals surface area contributed by atoms with Gasteiger partial charge in [-0.2, -0.15) is 0 Å². The van der Waals surface area contributed by atoms with Gasteiger partial charge in [0.2, 0.25) is 0 Å². The van der Waals surface area contributed by atoms with Crippen LogP contribution in [0.5, 0.6) is 0 Å². The van der Waals surface area contributed by atoms with E-state index in [0.29, 0.717) is 5.92 Å². The Morgan fingerprint density at radius 3 is 2.87 bits per heavy atom. The number of rotatable bonds is 3. The normalized spacial score (nSPS) is 24.7. The summed E-state index contributed by atoms with van der Waals surface area (Å²) in [6, 6.07) is 1.92. The highest BCUT2D eigenvalue weighted by Crippen LogP contribution is 2.28. The van der Waals surface area contributed by atoms with Crippen molar-refractivity contribution < 1.29 is 5.11 Å². The number of aliphatic hydroxyl groups excluding tert-OH is 1. The summed E-state index contributed by atoms with van der Waals surface area (Å²) in [6.45, 7) is 2.86. The van der Waals surface area contributed by atoms with Gasteiger partial charge in [0.1, 0.15) is 11.6 Å². The molecule has 0 bridgehead atoms. The van der Waals surface area contributed by atoms with Crippen molar-refractivity contribution in [1.82, 2.24) is 9.97 Å². The second-order valence-corrected chi connectivity index (χ2v) is 4.33. The average Bonchev–Trinajstić information content (AvgIpc) is 2.15. The minimum absolute atomic E-state index is 0.0736. The second kappa shape index (κ2) is 4.14. The van der Waals surface area contributed by atoms with E-state index in [-0.39, 0.29) is 6.10 Å². The van der Waals surface area contributed by atoms with Crippen LogP contribution >= 0.6 is 0 Å². The van der Waals surface area contributed by atoms with Crippen LogP contribution in [0.2, 0.25) is 0 Å². The molecular weight excluding hydrogens is 190 g/mol.